The average molecular weight is 417 g/mol. The van der Waals surface area contributed by atoms with Crippen molar-refractivity contribution in [3.63, 3.8) is 0 Å². The van der Waals surface area contributed by atoms with Crippen molar-refractivity contribution in [3.8, 4) is 5.88 Å². The third-order valence-electron chi connectivity index (χ3n) is 5.42. The van der Waals surface area contributed by atoms with E-state index in [4.69, 9.17) is 4.74 Å². The number of ether oxygens (including phenoxy) is 1. The predicted octanol–water partition coefficient (Wildman–Crippen LogP) is 1.96. The molecule has 1 saturated heterocycles. The lowest BCUT2D eigenvalue weighted by Gasteiger charge is -2.27. The molecule has 2 aliphatic rings. The van der Waals surface area contributed by atoms with Crippen LogP contribution in [0.2, 0.25) is 0 Å². The van der Waals surface area contributed by atoms with Crippen LogP contribution in [0, 0.1) is 5.82 Å². The number of carbonyl (C=O) groups excluding carboxylic acids is 1. The van der Waals surface area contributed by atoms with E-state index in [9.17, 15) is 19.5 Å². The number of carboxylic acids is 1. The summed E-state index contributed by atoms with van der Waals surface area (Å²) in [6.07, 6.45) is 0.675. The van der Waals surface area contributed by atoms with E-state index in [-0.39, 0.29) is 34.3 Å². The van der Waals surface area contributed by atoms with Crippen molar-refractivity contribution < 1.29 is 23.8 Å². The van der Waals surface area contributed by atoms with Crippen molar-refractivity contribution in [3.05, 3.63) is 38.6 Å². The summed E-state index contributed by atoms with van der Waals surface area (Å²) in [5.74, 6) is -1.67. The zero-order valence-corrected chi connectivity index (χ0v) is 16.1. The summed E-state index contributed by atoms with van der Waals surface area (Å²) in [5.41, 5.74) is 0.241. The topological polar surface area (TPSA) is 100 Å². The van der Waals surface area contributed by atoms with Crippen molar-refractivity contribution in [2.24, 2.45) is 0 Å². The smallest absolute Gasteiger partial charge is 0.342 e. The molecule has 0 aliphatic carbocycles. The predicted molar refractivity (Wildman–Crippen MR) is 105 cm³/mol. The molecule has 2 N–H and O–H groups in total. The first-order valence-corrected chi connectivity index (χ1v) is 9.94. The Morgan fingerprint density at radius 1 is 1.41 bits per heavy atom. The van der Waals surface area contributed by atoms with Crippen molar-refractivity contribution in [1.29, 1.82) is 0 Å². The highest BCUT2D eigenvalue weighted by molar-refractivity contribution is 7.16. The zero-order valence-electron chi connectivity index (χ0n) is 15.3. The fourth-order valence-electron chi connectivity index (χ4n) is 4.32. The average Bonchev–Trinajstić information content (AvgIpc) is 3.27. The molecule has 1 fully saturated rings. The Morgan fingerprint density at radius 2 is 2.21 bits per heavy atom. The van der Waals surface area contributed by atoms with Gasteiger partial charge in [-0.15, -0.1) is 11.3 Å². The molecule has 5 rings (SSSR count). The highest BCUT2D eigenvalue weighted by atomic mass is 32.1. The van der Waals surface area contributed by atoms with E-state index < -0.39 is 17.2 Å². The molecule has 10 heteroatoms. The third-order valence-corrected chi connectivity index (χ3v) is 6.35. The van der Waals surface area contributed by atoms with Gasteiger partial charge in [-0.05, 0) is 12.5 Å². The first-order valence-electron chi connectivity index (χ1n) is 9.06. The Hall–Kier alpha value is -3.14. The highest BCUT2D eigenvalue weighted by Crippen LogP contribution is 2.40. The highest BCUT2D eigenvalue weighted by Gasteiger charge is 2.33. The summed E-state index contributed by atoms with van der Waals surface area (Å²) in [4.78, 5) is 38.0. The van der Waals surface area contributed by atoms with Crippen LogP contribution in [0.3, 0.4) is 0 Å². The van der Waals surface area contributed by atoms with Crippen LogP contribution >= 0.6 is 11.3 Å². The number of carbonyl (C=O) groups is 2. The zero-order chi connectivity index (χ0) is 20.4. The summed E-state index contributed by atoms with van der Waals surface area (Å²) < 4.78 is 22.5. The molecule has 4 heterocycles. The van der Waals surface area contributed by atoms with Gasteiger partial charge in [0.25, 0.3) is 0 Å². The summed E-state index contributed by atoms with van der Waals surface area (Å²) in [6, 6.07) is 1.03. The number of rotatable bonds is 3. The number of halogens is 1. The third kappa shape index (κ3) is 2.52. The lowest BCUT2D eigenvalue weighted by molar-refractivity contribution is -0.119. The summed E-state index contributed by atoms with van der Waals surface area (Å²) in [5, 5.41) is 14.1. The number of amides is 1. The SMILES string of the molecule is CC(=O)NC1CCN(c2c(F)cc3c(=O)c(C(=O)O)c4scc5n4c3c2CO5)C1. The molecule has 1 aromatic carbocycles. The molecule has 1 unspecified atom stereocenters. The second kappa shape index (κ2) is 6.18. The number of nitrogens with zero attached hydrogens (tertiary/aromatic N) is 2. The molecule has 8 nitrogen and oxygen atoms in total. The van der Waals surface area contributed by atoms with Crippen LogP contribution in [0.4, 0.5) is 10.1 Å². The van der Waals surface area contributed by atoms with Gasteiger partial charge in [0.05, 0.1) is 22.0 Å². The minimum atomic E-state index is -1.35. The van der Waals surface area contributed by atoms with Crippen molar-refractivity contribution >= 4 is 44.6 Å². The van der Waals surface area contributed by atoms with Crippen LogP contribution in [0.25, 0.3) is 15.7 Å². The Balaban J connectivity index is 1.77. The fourth-order valence-corrected chi connectivity index (χ4v) is 5.29. The number of hydrogen-bond acceptors (Lipinski definition) is 6. The van der Waals surface area contributed by atoms with Gasteiger partial charge in [0, 0.05) is 31.6 Å². The monoisotopic (exact) mass is 417 g/mol. The molecule has 0 spiro atoms. The minimum Gasteiger partial charge on any atom is -0.477 e. The number of pyridine rings is 1. The van der Waals surface area contributed by atoms with Crippen LogP contribution in [0.1, 0.15) is 29.3 Å². The minimum absolute atomic E-state index is 0.0247. The first kappa shape index (κ1) is 17.9. The number of thiazole rings is 1. The van der Waals surface area contributed by atoms with Gasteiger partial charge in [-0.25, -0.2) is 9.18 Å². The molecule has 150 valence electrons. The number of benzene rings is 1. The lowest BCUT2D eigenvalue weighted by Crippen LogP contribution is -2.36. The fraction of sp³-hybridized carbons (Fsp3) is 0.316. The number of aromatic carboxylic acids is 1. The van der Waals surface area contributed by atoms with Crippen LogP contribution in [0.5, 0.6) is 5.88 Å². The Labute approximate surface area is 167 Å². The summed E-state index contributed by atoms with van der Waals surface area (Å²) in [7, 11) is 0. The molecule has 1 atom stereocenters. The van der Waals surface area contributed by atoms with E-state index in [1.54, 1.807) is 9.78 Å². The van der Waals surface area contributed by atoms with E-state index in [2.05, 4.69) is 5.32 Å². The van der Waals surface area contributed by atoms with Gasteiger partial charge >= 0.3 is 5.97 Å². The standard InChI is InChI=1S/C19H16FN3O5S/c1-8(24)21-9-2-3-22(5-9)16-11-6-28-13-7-29-18-14(19(26)27)17(25)10(4-12(16)20)15(11)23(13)18/h4,7,9H,2-3,5-6H2,1H3,(H,21,24)(H,26,27). The van der Waals surface area contributed by atoms with E-state index in [0.717, 1.165) is 17.4 Å². The van der Waals surface area contributed by atoms with Gasteiger partial charge < -0.3 is 20.1 Å². The molecule has 1 amide bonds. The number of aromatic nitrogens is 1. The van der Waals surface area contributed by atoms with Crippen LogP contribution in [-0.2, 0) is 11.4 Å². The normalized spacial score (nSPS) is 17.9. The maximum absolute atomic E-state index is 15.2. The van der Waals surface area contributed by atoms with E-state index in [1.165, 1.54) is 6.92 Å². The molecule has 2 aromatic heterocycles. The molecular weight excluding hydrogens is 401 g/mol. The number of carboxylic acid groups (broad SMARTS) is 1. The second-order valence-corrected chi connectivity index (χ2v) is 8.08. The molecule has 3 aromatic rings. The van der Waals surface area contributed by atoms with Crippen LogP contribution < -0.4 is 20.4 Å². The van der Waals surface area contributed by atoms with Crippen LogP contribution in [-0.4, -0.2) is 40.5 Å². The second-order valence-electron chi connectivity index (χ2n) is 7.23. The number of nitrogens with one attached hydrogen (secondary N) is 1. The lowest BCUT2D eigenvalue weighted by atomic mass is 10.0. The van der Waals surface area contributed by atoms with Gasteiger partial charge in [0.15, 0.2) is 0 Å². The van der Waals surface area contributed by atoms with Gasteiger partial charge in [-0.2, -0.15) is 0 Å². The largest absolute Gasteiger partial charge is 0.477 e. The first-order chi connectivity index (χ1) is 13.9. The Morgan fingerprint density at radius 3 is 2.93 bits per heavy atom. The Kier molecular flexibility index (Phi) is 3.82. The number of anilines is 1. The molecule has 0 saturated carbocycles. The molecule has 29 heavy (non-hydrogen) atoms. The number of hydrogen-bond donors (Lipinski definition) is 2. The molecule has 0 radical (unpaired) electrons. The molecule has 2 aliphatic heterocycles. The molecule has 0 bridgehead atoms. The van der Waals surface area contributed by atoms with E-state index >= 15 is 4.39 Å². The molecular formula is C19H16FN3O5S. The quantitative estimate of drug-likeness (QED) is 0.676. The van der Waals surface area contributed by atoms with Crippen molar-refractivity contribution in [2.45, 2.75) is 26.0 Å². The van der Waals surface area contributed by atoms with Gasteiger partial charge in [0.2, 0.25) is 17.2 Å². The van der Waals surface area contributed by atoms with Crippen molar-refractivity contribution in [1.82, 2.24) is 9.72 Å². The Bertz CT molecular complexity index is 1280. The van der Waals surface area contributed by atoms with Gasteiger partial charge in [-0.3, -0.25) is 14.0 Å². The summed E-state index contributed by atoms with van der Waals surface area (Å²) in [6.45, 7) is 2.50. The van der Waals surface area contributed by atoms with Gasteiger partial charge in [0.1, 0.15) is 22.8 Å². The van der Waals surface area contributed by atoms with Crippen LogP contribution in [0.15, 0.2) is 16.2 Å². The maximum atomic E-state index is 15.2. The van der Waals surface area contributed by atoms with Gasteiger partial charge in [-0.1, -0.05) is 0 Å². The van der Waals surface area contributed by atoms with E-state index in [1.807, 2.05) is 4.90 Å². The maximum Gasteiger partial charge on any atom is 0.342 e. The van der Waals surface area contributed by atoms with E-state index in [0.29, 0.717) is 42.2 Å². The van der Waals surface area contributed by atoms with Crippen molar-refractivity contribution in [2.75, 3.05) is 18.0 Å². The summed E-state index contributed by atoms with van der Waals surface area (Å²) >= 11 is 1.11.